The summed E-state index contributed by atoms with van der Waals surface area (Å²) < 4.78 is 11.1. The number of nitrogens with one attached hydrogen (secondary N) is 2. The van der Waals surface area contributed by atoms with Crippen LogP contribution in [0.1, 0.15) is 32.6 Å². The highest BCUT2D eigenvalue weighted by atomic mass is 32.2. The van der Waals surface area contributed by atoms with Crippen LogP contribution < -0.4 is 10.6 Å². The highest BCUT2D eigenvalue weighted by Crippen LogP contribution is 2.08. The third kappa shape index (κ3) is 5.47. The molecule has 0 aromatic heterocycles. The van der Waals surface area contributed by atoms with E-state index in [0.717, 1.165) is 42.4 Å². The predicted octanol–water partition coefficient (Wildman–Crippen LogP) is 1.16. The van der Waals surface area contributed by atoms with Crippen LogP contribution in [0.15, 0.2) is 0 Å². The topological polar surface area (TPSA) is 41.1 Å². The minimum atomic E-state index is -0.586. The molecule has 1 aliphatic heterocycles. The molecule has 15 heavy (non-hydrogen) atoms. The van der Waals surface area contributed by atoms with E-state index < -0.39 is 10.8 Å². The molecule has 1 rings (SSSR count). The number of hydrogen-bond acceptors (Lipinski definition) is 2. The van der Waals surface area contributed by atoms with Crippen molar-refractivity contribution in [2.75, 3.05) is 18.1 Å². The fraction of sp³-hybridized carbons (Fsp3) is 0.900. The molecule has 1 saturated heterocycles. The maximum absolute atomic E-state index is 11.1. The quantitative estimate of drug-likeness (QED) is 0.579. The van der Waals surface area contributed by atoms with Crippen molar-refractivity contribution in [2.24, 2.45) is 0 Å². The molecule has 1 aliphatic rings. The first-order valence-electron chi connectivity index (χ1n) is 5.61. The molecule has 0 saturated carbocycles. The van der Waals surface area contributed by atoms with Crippen molar-refractivity contribution < 1.29 is 4.21 Å². The molecule has 2 N–H and O–H groups in total. The third-order valence-corrected chi connectivity index (χ3v) is 4.18. The van der Waals surface area contributed by atoms with Crippen LogP contribution in [0, 0.1) is 0 Å². The maximum atomic E-state index is 11.1. The van der Waals surface area contributed by atoms with Crippen LogP contribution >= 0.6 is 12.2 Å². The Hall–Kier alpha value is -0.160. The lowest BCUT2D eigenvalue weighted by atomic mass is 10.2. The lowest BCUT2D eigenvalue weighted by Crippen LogP contribution is -2.44. The monoisotopic (exact) mass is 248 g/mol. The average Bonchev–Trinajstić information content (AvgIpc) is 2.22. The molecule has 0 radical (unpaired) electrons. The molecule has 0 aromatic rings. The Morgan fingerprint density at radius 3 is 2.73 bits per heavy atom. The zero-order valence-electron chi connectivity index (χ0n) is 9.25. The summed E-state index contributed by atoms with van der Waals surface area (Å²) in [5, 5.41) is 7.22. The smallest absolute Gasteiger partial charge is 0.166 e. The maximum Gasteiger partial charge on any atom is 0.166 e. The van der Waals surface area contributed by atoms with Gasteiger partial charge in [0.1, 0.15) is 0 Å². The van der Waals surface area contributed by atoms with E-state index in [4.69, 9.17) is 12.2 Å². The van der Waals surface area contributed by atoms with E-state index in [9.17, 15) is 4.21 Å². The Morgan fingerprint density at radius 2 is 2.13 bits per heavy atom. The molecule has 88 valence electrons. The van der Waals surface area contributed by atoms with Gasteiger partial charge in [0.2, 0.25) is 0 Å². The highest BCUT2D eigenvalue weighted by molar-refractivity contribution is 7.85. The molecule has 1 fully saturated rings. The molecule has 1 heterocycles. The van der Waals surface area contributed by atoms with Gasteiger partial charge in [-0.05, 0) is 31.5 Å². The normalized spacial score (nSPS) is 25.9. The van der Waals surface area contributed by atoms with Gasteiger partial charge in [0.15, 0.2) is 5.11 Å². The van der Waals surface area contributed by atoms with Crippen molar-refractivity contribution in [3.63, 3.8) is 0 Å². The minimum absolute atomic E-state index is 0.421. The first-order valence-corrected chi connectivity index (χ1v) is 7.51. The van der Waals surface area contributed by atoms with Crippen molar-refractivity contribution in [1.82, 2.24) is 10.6 Å². The molecule has 5 heteroatoms. The van der Waals surface area contributed by atoms with Gasteiger partial charge in [0, 0.05) is 34.9 Å². The summed E-state index contributed by atoms with van der Waals surface area (Å²) in [6.45, 7) is 3.11. The second-order valence-corrected chi connectivity index (χ2v) is 5.98. The Balaban J connectivity index is 2.12. The molecule has 0 unspecified atom stereocenters. The van der Waals surface area contributed by atoms with Gasteiger partial charge >= 0.3 is 0 Å². The van der Waals surface area contributed by atoms with Crippen LogP contribution in [0.25, 0.3) is 0 Å². The van der Waals surface area contributed by atoms with Gasteiger partial charge in [-0.25, -0.2) is 0 Å². The van der Waals surface area contributed by atoms with Gasteiger partial charge in [-0.1, -0.05) is 13.3 Å². The zero-order chi connectivity index (χ0) is 11.1. The van der Waals surface area contributed by atoms with E-state index in [1.54, 1.807) is 0 Å². The van der Waals surface area contributed by atoms with Crippen molar-refractivity contribution in [1.29, 1.82) is 0 Å². The standard InChI is InChI=1S/C10H20N2OS2/c1-2-3-6-11-10(14)12-9-4-7-15(13)8-5-9/h9H,2-8H2,1H3,(H2,11,12,14). The van der Waals surface area contributed by atoms with Gasteiger partial charge in [0.05, 0.1) is 0 Å². The SMILES string of the molecule is CCCCNC(=S)NC1CCS(=O)CC1. The molecule has 0 aromatic carbocycles. The van der Waals surface area contributed by atoms with Gasteiger partial charge in [-0.2, -0.15) is 0 Å². The molecule has 0 amide bonds. The Morgan fingerprint density at radius 1 is 1.47 bits per heavy atom. The summed E-state index contributed by atoms with van der Waals surface area (Å²) in [4.78, 5) is 0. The summed E-state index contributed by atoms with van der Waals surface area (Å²) in [5.41, 5.74) is 0. The van der Waals surface area contributed by atoms with Crippen LogP contribution in [-0.4, -0.2) is 33.4 Å². The molecule has 0 bridgehead atoms. The van der Waals surface area contributed by atoms with E-state index in [1.165, 1.54) is 6.42 Å². The zero-order valence-corrected chi connectivity index (χ0v) is 10.9. The van der Waals surface area contributed by atoms with Crippen molar-refractivity contribution >= 4 is 28.1 Å². The minimum Gasteiger partial charge on any atom is -0.363 e. The van der Waals surface area contributed by atoms with Crippen LogP contribution in [0.2, 0.25) is 0 Å². The van der Waals surface area contributed by atoms with Gasteiger partial charge < -0.3 is 10.6 Å². The van der Waals surface area contributed by atoms with Gasteiger partial charge in [-0.3, -0.25) is 4.21 Å². The van der Waals surface area contributed by atoms with E-state index in [2.05, 4.69) is 17.6 Å². The summed E-state index contributed by atoms with van der Waals surface area (Å²) in [6, 6.07) is 0.421. The second-order valence-electron chi connectivity index (χ2n) is 3.88. The molecule has 0 spiro atoms. The number of unbranched alkanes of at least 4 members (excludes halogenated alkanes) is 1. The molecule has 0 aliphatic carbocycles. The lowest BCUT2D eigenvalue weighted by Gasteiger charge is -2.24. The average molecular weight is 248 g/mol. The Labute approximate surface area is 99.9 Å². The second kappa shape index (κ2) is 7.17. The first-order chi connectivity index (χ1) is 7.22. The van der Waals surface area contributed by atoms with Crippen molar-refractivity contribution in [2.45, 2.75) is 38.6 Å². The molecule has 3 nitrogen and oxygen atoms in total. The predicted molar refractivity (Wildman–Crippen MR) is 69.5 cm³/mol. The first kappa shape index (κ1) is 12.9. The Kier molecular flexibility index (Phi) is 6.17. The molecular weight excluding hydrogens is 228 g/mol. The van der Waals surface area contributed by atoms with Crippen LogP contribution in [0.3, 0.4) is 0 Å². The largest absolute Gasteiger partial charge is 0.363 e. The van der Waals surface area contributed by atoms with Gasteiger partial charge in [-0.15, -0.1) is 0 Å². The number of hydrogen-bond donors (Lipinski definition) is 2. The summed E-state index contributed by atoms with van der Waals surface area (Å²) >= 11 is 5.18. The Bertz CT molecular complexity index is 223. The van der Waals surface area contributed by atoms with Crippen LogP contribution in [-0.2, 0) is 10.8 Å². The van der Waals surface area contributed by atoms with Crippen molar-refractivity contribution in [3.05, 3.63) is 0 Å². The molecule has 0 atom stereocenters. The van der Waals surface area contributed by atoms with E-state index in [0.29, 0.717) is 6.04 Å². The lowest BCUT2D eigenvalue weighted by molar-refractivity contribution is 0.546. The van der Waals surface area contributed by atoms with Gasteiger partial charge in [0.25, 0.3) is 0 Å². The van der Waals surface area contributed by atoms with Crippen LogP contribution in [0.5, 0.6) is 0 Å². The summed E-state index contributed by atoms with van der Waals surface area (Å²) in [5.74, 6) is 1.63. The fourth-order valence-corrected chi connectivity index (χ4v) is 3.12. The summed E-state index contributed by atoms with van der Waals surface area (Å²) in [7, 11) is -0.586. The number of rotatable bonds is 4. The van der Waals surface area contributed by atoms with Crippen LogP contribution in [0.4, 0.5) is 0 Å². The van der Waals surface area contributed by atoms with E-state index >= 15 is 0 Å². The summed E-state index contributed by atoms with van der Waals surface area (Å²) in [6.07, 6.45) is 4.28. The molecular formula is C10H20N2OS2. The number of thiocarbonyl (C=S) groups is 1. The van der Waals surface area contributed by atoms with E-state index in [1.807, 2.05) is 0 Å². The fourth-order valence-electron chi connectivity index (χ4n) is 1.55. The van der Waals surface area contributed by atoms with E-state index in [-0.39, 0.29) is 0 Å². The van der Waals surface area contributed by atoms with Crippen molar-refractivity contribution in [3.8, 4) is 0 Å². The highest BCUT2D eigenvalue weighted by Gasteiger charge is 2.17. The third-order valence-electron chi connectivity index (χ3n) is 2.54.